The number of likely N-dealkylation sites (N-methyl/N-ethyl adjacent to an activating group) is 1. The van der Waals surface area contributed by atoms with E-state index in [0.717, 1.165) is 16.1 Å². The number of nitrogens with zero attached hydrogens (tertiary/aromatic N) is 2. The molecule has 7 nitrogen and oxygen atoms in total. The molecule has 9 heteroatoms. The average molecular weight is 492 g/mol. The number of hydrogen-bond donors (Lipinski definition) is 1. The van der Waals surface area contributed by atoms with Crippen molar-refractivity contribution in [3.05, 3.63) is 66.0 Å². The number of sulfonamides is 1. The van der Waals surface area contributed by atoms with Gasteiger partial charge in [-0.3, -0.25) is 13.9 Å². The van der Waals surface area contributed by atoms with E-state index in [1.54, 1.807) is 4.90 Å². The van der Waals surface area contributed by atoms with Crippen molar-refractivity contribution in [2.75, 3.05) is 30.2 Å². The predicted octanol–water partition coefficient (Wildman–Crippen LogP) is 3.36. The summed E-state index contributed by atoms with van der Waals surface area (Å²) >= 11 is 0. The second-order valence-electron chi connectivity index (χ2n) is 8.06. The number of hydrogen-bond acceptors (Lipinski definition) is 4. The molecule has 0 saturated carbocycles. The van der Waals surface area contributed by atoms with Crippen molar-refractivity contribution in [2.24, 2.45) is 0 Å². The van der Waals surface area contributed by atoms with E-state index in [1.807, 2.05) is 44.2 Å². The standard InChI is InChI=1S/C25H34FN3O4S/c1-4-23(25(31)27-5-2)28(19-17-20-10-7-6-8-11-20)24(30)12-9-18-29(34(3,32)33)22-15-13-21(26)14-16-22/h6-8,10-11,13-16,23H,4-5,9,12,17-19H2,1-3H3,(H,27,31). The maximum absolute atomic E-state index is 13.3. The third-order valence-corrected chi connectivity index (χ3v) is 6.68. The summed E-state index contributed by atoms with van der Waals surface area (Å²) in [7, 11) is -3.62. The molecule has 2 aromatic rings. The van der Waals surface area contributed by atoms with Gasteiger partial charge in [0.2, 0.25) is 21.8 Å². The van der Waals surface area contributed by atoms with E-state index in [0.29, 0.717) is 31.6 Å². The monoisotopic (exact) mass is 491 g/mol. The maximum Gasteiger partial charge on any atom is 0.242 e. The van der Waals surface area contributed by atoms with Crippen LogP contribution >= 0.6 is 0 Å². The highest BCUT2D eigenvalue weighted by molar-refractivity contribution is 7.92. The zero-order valence-corrected chi connectivity index (χ0v) is 20.9. The average Bonchev–Trinajstić information content (AvgIpc) is 2.80. The van der Waals surface area contributed by atoms with Crippen molar-refractivity contribution in [3.63, 3.8) is 0 Å². The van der Waals surface area contributed by atoms with Crippen LogP contribution in [0.2, 0.25) is 0 Å². The molecule has 2 rings (SSSR count). The second-order valence-corrected chi connectivity index (χ2v) is 9.96. The summed E-state index contributed by atoms with van der Waals surface area (Å²) in [4.78, 5) is 27.4. The Morgan fingerprint density at radius 1 is 1.00 bits per heavy atom. The van der Waals surface area contributed by atoms with Gasteiger partial charge in [-0.2, -0.15) is 0 Å². The molecular formula is C25H34FN3O4S. The molecule has 1 N–H and O–H groups in total. The van der Waals surface area contributed by atoms with Crippen LogP contribution in [0.4, 0.5) is 10.1 Å². The molecule has 2 aromatic carbocycles. The number of benzene rings is 2. The number of rotatable bonds is 13. The van der Waals surface area contributed by atoms with Gasteiger partial charge in [0.15, 0.2) is 0 Å². The fourth-order valence-electron chi connectivity index (χ4n) is 3.80. The molecular weight excluding hydrogens is 457 g/mol. The lowest BCUT2D eigenvalue weighted by Crippen LogP contribution is -2.50. The lowest BCUT2D eigenvalue weighted by atomic mass is 10.1. The van der Waals surface area contributed by atoms with Gasteiger partial charge in [-0.25, -0.2) is 12.8 Å². The highest BCUT2D eigenvalue weighted by atomic mass is 32.2. The largest absolute Gasteiger partial charge is 0.355 e. The van der Waals surface area contributed by atoms with E-state index in [2.05, 4.69) is 5.32 Å². The van der Waals surface area contributed by atoms with E-state index < -0.39 is 21.9 Å². The Labute approximate surface area is 202 Å². The molecule has 0 bridgehead atoms. The van der Waals surface area contributed by atoms with Crippen molar-refractivity contribution < 1.29 is 22.4 Å². The first-order valence-corrected chi connectivity index (χ1v) is 13.4. The minimum absolute atomic E-state index is 0.0701. The van der Waals surface area contributed by atoms with Crippen molar-refractivity contribution in [3.8, 4) is 0 Å². The quantitative estimate of drug-likeness (QED) is 0.466. The Hall–Kier alpha value is -2.94. The van der Waals surface area contributed by atoms with Crippen LogP contribution in [0.15, 0.2) is 54.6 Å². The Kier molecular flexibility index (Phi) is 10.5. The van der Waals surface area contributed by atoms with Crippen LogP contribution in [0.25, 0.3) is 0 Å². The third kappa shape index (κ3) is 8.13. The summed E-state index contributed by atoms with van der Waals surface area (Å²) in [6.45, 7) is 4.61. The van der Waals surface area contributed by atoms with Crippen LogP contribution in [0, 0.1) is 5.82 Å². The van der Waals surface area contributed by atoms with Crippen LogP contribution < -0.4 is 9.62 Å². The Morgan fingerprint density at radius 3 is 2.21 bits per heavy atom. The smallest absolute Gasteiger partial charge is 0.242 e. The molecule has 0 fully saturated rings. The SMILES string of the molecule is CCNC(=O)C(CC)N(CCc1ccccc1)C(=O)CCCN(c1ccc(F)cc1)S(C)(=O)=O. The van der Waals surface area contributed by atoms with Gasteiger partial charge in [-0.1, -0.05) is 37.3 Å². The summed E-state index contributed by atoms with van der Waals surface area (Å²) in [5, 5.41) is 2.80. The topological polar surface area (TPSA) is 86.8 Å². The van der Waals surface area contributed by atoms with E-state index in [-0.39, 0.29) is 31.2 Å². The molecule has 0 radical (unpaired) electrons. The van der Waals surface area contributed by atoms with E-state index in [4.69, 9.17) is 0 Å². The molecule has 0 aliphatic carbocycles. The van der Waals surface area contributed by atoms with Crippen molar-refractivity contribution in [1.82, 2.24) is 10.2 Å². The van der Waals surface area contributed by atoms with Gasteiger partial charge in [0.25, 0.3) is 0 Å². The lowest BCUT2D eigenvalue weighted by Gasteiger charge is -2.31. The molecule has 0 aliphatic heterocycles. The summed E-state index contributed by atoms with van der Waals surface area (Å²) in [6.07, 6.45) is 2.49. The van der Waals surface area contributed by atoms with Gasteiger partial charge in [0.05, 0.1) is 11.9 Å². The first-order valence-electron chi connectivity index (χ1n) is 11.5. The second kappa shape index (κ2) is 13.1. The zero-order valence-electron chi connectivity index (χ0n) is 20.0. The maximum atomic E-state index is 13.3. The number of nitrogens with one attached hydrogen (secondary N) is 1. The van der Waals surface area contributed by atoms with Crippen LogP contribution in [-0.4, -0.2) is 57.1 Å². The molecule has 186 valence electrons. The van der Waals surface area contributed by atoms with Gasteiger partial charge < -0.3 is 10.2 Å². The number of anilines is 1. The molecule has 0 aliphatic rings. The summed E-state index contributed by atoms with van der Waals surface area (Å²) in [6, 6.07) is 14.3. The lowest BCUT2D eigenvalue weighted by molar-refractivity contribution is -0.140. The highest BCUT2D eigenvalue weighted by Crippen LogP contribution is 2.19. The number of carbonyl (C=O) groups is 2. The molecule has 0 saturated heterocycles. The van der Waals surface area contributed by atoms with Gasteiger partial charge in [-0.15, -0.1) is 0 Å². The van der Waals surface area contributed by atoms with Crippen LogP contribution in [0.3, 0.4) is 0 Å². The van der Waals surface area contributed by atoms with Crippen LogP contribution in [0.1, 0.15) is 38.7 Å². The number of halogens is 1. The first kappa shape index (κ1) is 27.3. The molecule has 1 atom stereocenters. The molecule has 0 spiro atoms. The fourth-order valence-corrected chi connectivity index (χ4v) is 4.76. The third-order valence-electron chi connectivity index (χ3n) is 5.49. The molecule has 2 amide bonds. The van der Waals surface area contributed by atoms with Gasteiger partial charge in [0.1, 0.15) is 11.9 Å². The number of carbonyl (C=O) groups excluding carboxylic acids is 2. The van der Waals surface area contributed by atoms with Crippen molar-refractivity contribution in [2.45, 2.75) is 45.6 Å². The van der Waals surface area contributed by atoms with E-state index >= 15 is 0 Å². The highest BCUT2D eigenvalue weighted by Gasteiger charge is 2.28. The zero-order chi connectivity index (χ0) is 25.1. The van der Waals surface area contributed by atoms with Gasteiger partial charge in [-0.05, 0) is 56.0 Å². The van der Waals surface area contributed by atoms with E-state index in [9.17, 15) is 22.4 Å². The Balaban J connectivity index is 2.12. The van der Waals surface area contributed by atoms with Crippen molar-refractivity contribution >= 4 is 27.5 Å². The van der Waals surface area contributed by atoms with E-state index in [1.165, 1.54) is 24.3 Å². The summed E-state index contributed by atoms with van der Waals surface area (Å²) < 4.78 is 39.0. The summed E-state index contributed by atoms with van der Waals surface area (Å²) in [5.41, 5.74) is 1.40. The van der Waals surface area contributed by atoms with Crippen LogP contribution in [0.5, 0.6) is 0 Å². The minimum Gasteiger partial charge on any atom is -0.355 e. The predicted molar refractivity (Wildman–Crippen MR) is 132 cm³/mol. The minimum atomic E-state index is -3.62. The first-order chi connectivity index (χ1) is 16.2. The normalized spacial score (nSPS) is 12.1. The Morgan fingerprint density at radius 2 is 1.65 bits per heavy atom. The molecule has 1 unspecified atom stereocenters. The van der Waals surface area contributed by atoms with Gasteiger partial charge >= 0.3 is 0 Å². The van der Waals surface area contributed by atoms with Gasteiger partial charge in [0, 0.05) is 26.1 Å². The molecule has 0 aromatic heterocycles. The summed E-state index contributed by atoms with van der Waals surface area (Å²) in [5.74, 6) is -0.866. The van der Waals surface area contributed by atoms with Crippen molar-refractivity contribution in [1.29, 1.82) is 0 Å². The molecule has 0 heterocycles. The van der Waals surface area contributed by atoms with Crippen LogP contribution in [-0.2, 0) is 26.0 Å². The molecule has 34 heavy (non-hydrogen) atoms. The number of amides is 2. The Bertz CT molecular complexity index is 1030. The fraction of sp³-hybridized carbons (Fsp3) is 0.440.